The smallest absolute Gasteiger partial charge is 0.209 e. The second kappa shape index (κ2) is 10.3. The monoisotopic (exact) mass is 456 g/mol. The van der Waals surface area contributed by atoms with Crippen LogP contribution in [0.3, 0.4) is 0 Å². The zero-order valence-electron chi connectivity index (χ0n) is 17.9. The summed E-state index contributed by atoms with van der Waals surface area (Å²) >= 11 is 7.05. The summed E-state index contributed by atoms with van der Waals surface area (Å²) in [4.78, 5) is 2.38. The lowest BCUT2D eigenvalue weighted by molar-refractivity contribution is 0.0781. The molecule has 3 aromatic rings. The minimum absolute atomic E-state index is 0.194. The van der Waals surface area contributed by atoms with E-state index >= 15 is 0 Å². The second-order valence-corrected chi connectivity index (χ2v) is 9.25. The van der Waals surface area contributed by atoms with Crippen molar-refractivity contribution in [1.82, 2.24) is 14.7 Å². The largest absolute Gasteiger partial charge is 0.490 e. The summed E-state index contributed by atoms with van der Waals surface area (Å²) < 4.78 is 14.6. The maximum atomic E-state index is 6.24. The van der Waals surface area contributed by atoms with Gasteiger partial charge in [-0.15, -0.1) is 5.10 Å². The third-order valence-corrected chi connectivity index (χ3v) is 6.41. The Labute approximate surface area is 192 Å². The van der Waals surface area contributed by atoms with Gasteiger partial charge in [0, 0.05) is 18.8 Å². The van der Waals surface area contributed by atoms with Crippen LogP contribution < -0.4 is 14.8 Å². The minimum Gasteiger partial charge on any atom is -0.490 e. The molecule has 1 fully saturated rings. The molecule has 0 aliphatic carbocycles. The molecule has 164 valence electrons. The lowest BCUT2D eigenvalue weighted by Crippen LogP contribution is -2.39. The first kappa shape index (κ1) is 21.8. The Morgan fingerprint density at radius 3 is 2.65 bits per heavy atom. The Bertz CT molecular complexity index is 1060. The van der Waals surface area contributed by atoms with E-state index < -0.39 is 0 Å². The molecular formula is C23H28N4O2S2. The lowest BCUT2D eigenvalue weighted by atomic mass is 10.1. The number of aryl methyl sites for hydroxylation is 1. The first-order chi connectivity index (χ1) is 15.1. The molecule has 8 heteroatoms. The molecule has 0 amide bonds. The molecule has 0 radical (unpaired) electrons. The van der Waals surface area contributed by atoms with Gasteiger partial charge in [0.2, 0.25) is 5.13 Å². The van der Waals surface area contributed by atoms with E-state index in [-0.39, 0.29) is 6.10 Å². The fraction of sp³-hybridized carbons (Fsp3) is 0.391. The van der Waals surface area contributed by atoms with Gasteiger partial charge < -0.3 is 14.8 Å². The van der Waals surface area contributed by atoms with Crippen LogP contribution in [0.1, 0.15) is 25.3 Å². The molecule has 0 saturated carbocycles. The minimum atomic E-state index is 0.194. The Kier molecular flexibility index (Phi) is 7.21. The van der Waals surface area contributed by atoms with Crippen LogP contribution in [0.25, 0.3) is 0 Å². The molecule has 0 atom stereocenters. The SMILES string of the molecule is CCOc1ccccc1OC1CCN(Cn2nc(Nc3cccc(C)c3)sc2=S)CC1. The quantitative estimate of drug-likeness (QED) is 0.444. The third kappa shape index (κ3) is 5.84. The molecule has 0 bridgehead atoms. The van der Waals surface area contributed by atoms with Crippen molar-refractivity contribution in [3.05, 3.63) is 58.0 Å². The molecule has 1 N–H and O–H groups in total. The number of aromatic nitrogens is 2. The predicted molar refractivity (Wildman–Crippen MR) is 128 cm³/mol. The highest BCUT2D eigenvalue weighted by molar-refractivity contribution is 7.73. The van der Waals surface area contributed by atoms with Crippen molar-refractivity contribution in [2.24, 2.45) is 0 Å². The normalized spacial score (nSPS) is 15.0. The van der Waals surface area contributed by atoms with Crippen molar-refractivity contribution in [2.45, 2.75) is 39.5 Å². The number of hydrogen-bond acceptors (Lipinski definition) is 7. The van der Waals surface area contributed by atoms with Crippen molar-refractivity contribution in [1.29, 1.82) is 0 Å². The van der Waals surface area contributed by atoms with E-state index in [0.29, 0.717) is 13.3 Å². The molecule has 1 aliphatic heterocycles. The maximum Gasteiger partial charge on any atom is 0.209 e. The van der Waals surface area contributed by atoms with E-state index in [4.69, 9.17) is 21.7 Å². The summed E-state index contributed by atoms with van der Waals surface area (Å²) in [6.45, 7) is 7.29. The van der Waals surface area contributed by atoms with Crippen molar-refractivity contribution >= 4 is 34.4 Å². The molecule has 31 heavy (non-hydrogen) atoms. The van der Waals surface area contributed by atoms with Gasteiger partial charge in [0.1, 0.15) is 6.10 Å². The maximum absolute atomic E-state index is 6.24. The van der Waals surface area contributed by atoms with Gasteiger partial charge in [0.15, 0.2) is 15.5 Å². The molecule has 6 nitrogen and oxygen atoms in total. The Balaban J connectivity index is 1.31. The first-order valence-corrected chi connectivity index (χ1v) is 11.9. The van der Waals surface area contributed by atoms with Crippen LogP contribution in [0.15, 0.2) is 48.5 Å². The second-order valence-electron chi connectivity index (χ2n) is 7.62. The Morgan fingerprint density at radius 2 is 1.90 bits per heavy atom. The number of likely N-dealkylation sites (tertiary alicyclic amines) is 1. The van der Waals surface area contributed by atoms with E-state index in [0.717, 1.165) is 52.2 Å². The number of nitrogens with one attached hydrogen (secondary N) is 1. The summed E-state index contributed by atoms with van der Waals surface area (Å²) in [7, 11) is 0. The van der Waals surface area contributed by atoms with Crippen LogP contribution in [0.5, 0.6) is 11.5 Å². The number of piperidine rings is 1. The van der Waals surface area contributed by atoms with Gasteiger partial charge in [0.05, 0.1) is 13.3 Å². The zero-order chi connectivity index (χ0) is 21.6. The summed E-state index contributed by atoms with van der Waals surface area (Å²) in [5, 5.41) is 8.86. The average molecular weight is 457 g/mol. The fourth-order valence-electron chi connectivity index (χ4n) is 3.65. The van der Waals surface area contributed by atoms with Gasteiger partial charge in [-0.25, -0.2) is 4.68 Å². The van der Waals surface area contributed by atoms with Gasteiger partial charge in [0.25, 0.3) is 0 Å². The first-order valence-electron chi connectivity index (χ1n) is 10.6. The molecule has 0 unspecified atom stereocenters. The van der Waals surface area contributed by atoms with Crippen LogP contribution in [0.2, 0.25) is 0 Å². The van der Waals surface area contributed by atoms with E-state index in [1.54, 1.807) is 0 Å². The standard InChI is InChI=1S/C23H28N4O2S2/c1-3-28-20-9-4-5-10-21(20)29-19-11-13-26(14-12-19)16-27-23(30)31-22(25-27)24-18-8-6-7-17(2)15-18/h4-10,15,19H,3,11-14,16H2,1-2H3,(H,24,25). The van der Waals surface area contributed by atoms with E-state index in [1.807, 2.05) is 48.0 Å². The van der Waals surface area contributed by atoms with Gasteiger partial charge in [-0.1, -0.05) is 35.6 Å². The van der Waals surface area contributed by atoms with E-state index in [9.17, 15) is 0 Å². The Morgan fingerprint density at radius 1 is 1.13 bits per heavy atom. The molecule has 1 aliphatic rings. The topological polar surface area (TPSA) is 51.6 Å². The van der Waals surface area contributed by atoms with Crippen LogP contribution in [-0.4, -0.2) is 40.5 Å². The molecular weight excluding hydrogens is 428 g/mol. The highest BCUT2D eigenvalue weighted by atomic mass is 32.1. The number of nitrogens with zero attached hydrogens (tertiary/aromatic N) is 3. The zero-order valence-corrected chi connectivity index (χ0v) is 19.5. The average Bonchev–Trinajstić information content (AvgIpc) is 3.09. The van der Waals surface area contributed by atoms with Crippen molar-refractivity contribution in [3.63, 3.8) is 0 Å². The highest BCUT2D eigenvalue weighted by Crippen LogP contribution is 2.29. The lowest BCUT2D eigenvalue weighted by Gasteiger charge is -2.32. The van der Waals surface area contributed by atoms with Crippen LogP contribution in [0.4, 0.5) is 10.8 Å². The third-order valence-electron chi connectivity index (χ3n) is 5.19. The van der Waals surface area contributed by atoms with E-state index in [2.05, 4.69) is 34.4 Å². The molecule has 1 aromatic heterocycles. The number of benzene rings is 2. The molecule has 2 heterocycles. The molecule has 2 aromatic carbocycles. The molecule has 1 saturated heterocycles. The van der Waals surface area contributed by atoms with Gasteiger partial charge in [-0.2, -0.15) is 0 Å². The highest BCUT2D eigenvalue weighted by Gasteiger charge is 2.22. The summed E-state index contributed by atoms with van der Waals surface area (Å²) in [6.07, 6.45) is 2.12. The van der Waals surface area contributed by atoms with Crippen LogP contribution >= 0.6 is 23.6 Å². The summed E-state index contributed by atoms with van der Waals surface area (Å²) in [6, 6.07) is 16.1. The van der Waals surface area contributed by atoms with Crippen LogP contribution in [0, 0.1) is 10.9 Å². The summed E-state index contributed by atoms with van der Waals surface area (Å²) in [5.74, 6) is 1.64. The van der Waals surface area contributed by atoms with Gasteiger partial charge >= 0.3 is 0 Å². The number of anilines is 2. The van der Waals surface area contributed by atoms with Crippen molar-refractivity contribution in [3.8, 4) is 11.5 Å². The van der Waals surface area contributed by atoms with E-state index in [1.165, 1.54) is 16.9 Å². The molecule has 4 rings (SSSR count). The van der Waals surface area contributed by atoms with Gasteiger partial charge in [-0.3, -0.25) is 4.90 Å². The molecule has 0 spiro atoms. The summed E-state index contributed by atoms with van der Waals surface area (Å²) in [5.41, 5.74) is 2.24. The number of para-hydroxylation sites is 2. The number of rotatable bonds is 8. The predicted octanol–water partition coefficient (Wildman–Crippen LogP) is 5.63. The number of ether oxygens (including phenoxy) is 2. The van der Waals surface area contributed by atoms with Crippen LogP contribution in [-0.2, 0) is 6.67 Å². The van der Waals surface area contributed by atoms with Crippen molar-refractivity contribution in [2.75, 3.05) is 25.0 Å². The fourth-order valence-corrected chi connectivity index (χ4v) is 4.67. The Hall–Kier alpha value is -2.42. The number of hydrogen-bond donors (Lipinski definition) is 1. The van der Waals surface area contributed by atoms with Gasteiger partial charge in [-0.05, 0) is 68.7 Å². The van der Waals surface area contributed by atoms with Crippen molar-refractivity contribution < 1.29 is 9.47 Å².